The predicted octanol–water partition coefficient (Wildman–Crippen LogP) is 5.09. The topological polar surface area (TPSA) is 103 Å². The van der Waals surface area contributed by atoms with Crippen LogP contribution in [0.1, 0.15) is 55.3 Å². The molecule has 0 aliphatic carbocycles. The summed E-state index contributed by atoms with van der Waals surface area (Å²) >= 11 is 0. The Hall–Kier alpha value is -4.04. The molecule has 39 heavy (non-hydrogen) atoms. The predicted molar refractivity (Wildman–Crippen MR) is 151 cm³/mol. The fraction of sp³-hybridized carbons (Fsp3) is 0.355. The van der Waals surface area contributed by atoms with Crippen LogP contribution in [0.15, 0.2) is 75.3 Å². The number of nitrogens with one attached hydrogen (secondary N) is 1. The van der Waals surface area contributed by atoms with E-state index in [4.69, 9.17) is 14.2 Å². The normalized spacial score (nSPS) is 15.4. The molecule has 1 saturated heterocycles. The second-order valence-electron chi connectivity index (χ2n) is 9.96. The van der Waals surface area contributed by atoms with Crippen LogP contribution in [0.5, 0.6) is 0 Å². The van der Waals surface area contributed by atoms with Crippen LogP contribution in [-0.2, 0) is 30.5 Å². The van der Waals surface area contributed by atoms with E-state index < -0.39 is 5.76 Å². The first kappa shape index (κ1) is 26.6. The first-order valence-electron chi connectivity index (χ1n) is 13.7. The molecule has 0 radical (unpaired) electrons. The van der Waals surface area contributed by atoms with E-state index in [1.165, 1.54) is 0 Å². The zero-order valence-electron chi connectivity index (χ0n) is 22.3. The second kappa shape index (κ2) is 12.2. The minimum Gasteiger partial charge on any atom is -0.376 e. The van der Waals surface area contributed by atoms with E-state index in [2.05, 4.69) is 23.6 Å². The number of aromatic amines is 1. The van der Waals surface area contributed by atoms with Crippen molar-refractivity contribution >= 4 is 0 Å². The van der Waals surface area contributed by atoms with Crippen molar-refractivity contribution in [3.8, 4) is 22.5 Å². The number of ether oxygens (including phenoxy) is 1. The summed E-state index contributed by atoms with van der Waals surface area (Å²) in [4.78, 5) is 33.0. The fourth-order valence-electron chi connectivity index (χ4n) is 5.23. The molecule has 1 fully saturated rings. The Morgan fingerprint density at radius 1 is 1.10 bits per heavy atom. The molecule has 1 aliphatic heterocycles. The number of hydrogen-bond donors (Lipinski definition) is 1. The lowest BCUT2D eigenvalue weighted by Crippen LogP contribution is -2.36. The third kappa shape index (κ3) is 6.01. The Kier molecular flexibility index (Phi) is 8.32. The SMILES string of the molecule is C=CCc1nc(CCC)c(Cc2ccc(-c3ccccc3-c3noc(=O)[nH]3)cc2)c(=O)n1CC1CCCCO1. The summed E-state index contributed by atoms with van der Waals surface area (Å²) in [7, 11) is 0. The molecule has 3 heterocycles. The van der Waals surface area contributed by atoms with E-state index in [9.17, 15) is 9.59 Å². The summed E-state index contributed by atoms with van der Waals surface area (Å²) in [6.07, 6.45) is 7.68. The minimum absolute atomic E-state index is 0.0175. The molecule has 0 amide bonds. The summed E-state index contributed by atoms with van der Waals surface area (Å²) in [6.45, 7) is 7.26. The molecule has 0 spiro atoms. The van der Waals surface area contributed by atoms with Crippen molar-refractivity contribution in [2.24, 2.45) is 0 Å². The van der Waals surface area contributed by atoms with Crippen molar-refractivity contribution in [3.63, 3.8) is 0 Å². The van der Waals surface area contributed by atoms with Gasteiger partial charge in [0.15, 0.2) is 5.82 Å². The molecule has 1 atom stereocenters. The summed E-state index contributed by atoms with van der Waals surface area (Å²) in [5, 5.41) is 3.85. The molecular weight excluding hydrogens is 492 g/mol. The number of H-pyrrole nitrogens is 1. The largest absolute Gasteiger partial charge is 0.439 e. The average molecular weight is 527 g/mol. The van der Waals surface area contributed by atoms with Crippen molar-refractivity contribution in [1.82, 2.24) is 19.7 Å². The van der Waals surface area contributed by atoms with Crippen molar-refractivity contribution in [2.45, 2.75) is 64.5 Å². The zero-order chi connectivity index (χ0) is 27.2. The van der Waals surface area contributed by atoms with Crippen LogP contribution in [0.4, 0.5) is 0 Å². The fourth-order valence-corrected chi connectivity index (χ4v) is 5.23. The molecule has 2 aromatic heterocycles. The highest BCUT2D eigenvalue weighted by atomic mass is 16.5. The van der Waals surface area contributed by atoms with Gasteiger partial charge in [0, 0.05) is 30.6 Å². The van der Waals surface area contributed by atoms with Gasteiger partial charge in [-0.25, -0.2) is 9.78 Å². The lowest BCUT2D eigenvalue weighted by atomic mass is 9.96. The van der Waals surface area contributed by atoms with Gasteiger partial charge in [-0.2, -0.15) is 0 Å². The smallest absolute Gasteiger partial charge is 0.376 e. The van der Waals surface area contributed by atoms with E-state index in [0.29, 0.717) is 25.2 Å². The molecule has 1 aliphatic rings. The molecule has 5 rings (SSSR count). The Morgan fingerprint density at radius 3 is 2.56 bits per heavy atom. The second-order valence-corrected chi connectivity index (χ2v) is 9.96. The van der Waals surface area contributed by atoms with Gasteiger partial charge >= 0.3 is 5.76 Å². The lowest BCUT2D eigenvalue weighted by Gasteiger charge is -2.25. The molecule has 8 heteroatoms. The average Bonchev–Trinajstić information content (AvgIpc) is 3.40. The number of allylic oxidation sites excluding steroid dienone is 1. The molecular formula is C31H34N4O4. The summed E-state index contributed by atoms with van der Waals surface area (Å²) in [5.41, 5.74) is 5.32. The summed E-state index contributed by atoms with van der Waals surface area (Å²) in [6, 6.07) is 15.8. The van der Waals surface area contributed by atoms with Crippen molar-refractivity contribution in [2.75, 3.05) is 6.61 Å². The highest BCUT2D eigenvalue weighted by Gasteiger charge is 2.21. The van der Waals surface area contributed by atoms with Gasteiger partial charge in [-0.05, 0) is 42.4 Å². The van der Waals surface area contributed by atoms with Crippen molar-refractivity contribution in [3.05, 3.63) is 105 Å². The van der Waals surface area contributed by atoms with Gasteiger partial charge < -0.3 is 4.74 Å². The Labute approximate surface area is 227 Å². The van der Waals surface area contributed by atoms with Gasteiger partial charge in [0.25, 0.3) is 5.56 Å². The van der Waals surface area contributed by atoms with Gasteiger partial charge in [-0.3, -0.25) is 18.9 Å². The Balaban J connectivity index is 1.47. The van der Waals surface area contributed by atoms with Crippen molar-refractivity contribution < 1.29 is 9.26 Å². The van der Waals surface area contributed by atoms with Crippen LogP contribution in [0.25, 0.3) is 22.5 Å². The number of aryl methyl sites for hydroxylation is 1. The van der Waals surface area contributed by atoms with Crippen LogP contribution >= 0.6 is 0 Å². The van der Waals surface area contributed by atoms with Gasteiger partial charge in [-0.15, -0.1) is 6.58 Å². The monoisotopic (exact) mass is 526 g/mol. The summed E-state index contributed by atoms with van der Waals surface area (Å²) < 4.78 is 12.5. The van der Waals surface area contributed by atoms with E-state index >= 15 is 0 Å². The Bertz CT molecular complexity index is 1540. The highest BCUT2D eigenvalue weighted by molar-refractivity contribution is 5.80. The van der Waals surface area contributed by atoms with Crippen LogP contribution in [0.2, 0.25) is 0 Å². The first-order chi connectivity index (χ1) is 19.1. The number of hydrogen-bond acceptors (Lipinski definition) is 6. The van der Waals surface area contributed by atoms with Crippen LogP contribution in [0, 0.1) is 0 Å². The van der Waals surface area contributed by atoms with Gasteiger partial charge in [-0.1, -0.05) is 73.1 Å². The van der Waals surface area contributed by atoms with Gasteiger partial charge in [0.05, 0.1) is 18.3 Å². The van der Waals surface area contributed by atoms with E-state index in [0.717, 1.165) is 78.0 Å². The van der Waals surface area contributed by atoms with Crippen LogP contribution < -0.4 is 11.3 Å². The zero-order valence-corrected chi connectivity index (χ0v) is 22.3. The van der Waals surface area contributed by atoms with Crippen LogP contribution in [-0.4, -0.2) is 32.4 Å². The number of aromatic nitrogens is 4. The number of benzene rings is 2. The maximum atomic E-state index is 13.9. The maximum absolute atomic E-state index is 13.9. The molecule has 0 bridgehead atoms. The standard InChI is InChI=1S/C31H34N4O4/c1-3-9-27-26(30(36)35(28(32-27)10-4-2)20-23-11-7-8-18-38-23)19-21-14-16-22(17-15-21)24-12-5-6-13-25(24)29-33-31(37)39-34-29/h4-6,12-17,23H,2-3,7-11,18-20H2,1H3,(H,33,34,37). The molecule has 202 valence electrons. The molecule has 2 aromatic carbocycles. The molecule has 8 nitrogen and oxygen atoms in total. The Morgan fingerprint density at radius 2 is 1.90 bits per heavy atom. The maximum Gasteiger partial charge on any atom is 0.439 e. The number of nitrogens with zero attached hydrogens (tertiary/aromatic N) is 3. The van der Waals surface area contributed by atoms with E-state index in [1.807, 2.05) is 53.1 Å². The third-order valence-corrected chi connectivity index (χ3v) is 7.17. The molecule has 1 N–H and O–H groups in total. The van der Waals surface area contributed by atoms with E-state index in [1.54, 1.807) is 6.08 Å². The molecule has 4 aromatic rings. The van der Waals surface area contributed by atoms with Gasteiger partial charge in [0.2, 0.25) is 0 Å². The highest BCUT2D eigenvalue weighted by Crippen LogP contribution is 2.30. The van der Waals surface area contributed by atoms with Crippen molar-refractivity contribution in [1.29, 1.82) is 0 Å². The first-order valence-corrected chi connectivity index (χ1v) is 13.7. The van der Waals surface area contributed by atoms with E-state index in [-0.39, 0.29) is 11.7 Å². The quantitative estimate of drug-likeness (QED) is 0.289. The lowest BCUT2D eigenvalue weighted by molar-refractivity contribution is 0.00475. The number of rotatable bonds is 10. The molecule has 1 unspecified atom stereocenters. The van der Waals surface area contributed by atoms with Gasteiger partial charge in [0.1, 0.15) is 5.82 Å². The summed E-state index contributed by atoms with van der Waals surface area (Å²) in [5.74, 6) is 0.553. The van der Waals surface area contributed by atoms with Crippen LogP contribution in [0.3, 0.4) is 0 Å². The minimum atomic E-state index is -0.591. The molecule has 0 saturated carbocycles. The third-order valence-electron chi connectivity index (χ3n) is 7.17.